The van der Waals surface area contributed by atoms with Gasteiger partial charge in [-0.3, -0.25) is 4.79 Å². The summed E-state index contributed by atoms with van der Waals surface area (Å²) in [5, 5.41) is 12.7. The van der Waals surface area contributed by atoms with Gasteiger partial charge in [0.15, 0.2) is 11.6 Å². The number of aryl methyl sites for hydroxylation is 1. The van der Waals surface area contributed by atoms with Gasteiger partial charge in [0.25, 0.3) is 0 Å². The molecule has 168 valence electrons. The molecule has 2 fully saturated rings. The molecule has 0 bridgehead atoms. The number of carboxylic acid groups (broad SMARTS) is 1. The van der Waals surface area contributed by atoms with Crippen LogP contribution in [0.5, 0.6) is 0 Å². The van der Waals surface area contributed by atoms with Gasteiger partial charge < -0.3 is 19.9 Å². The van der Waals surface area contributed by atoms with Gasteiger partial charge in [0.05, 0.1) is 10.9 Å². The number of aromatic nitrogens is 1. The molecule has 6 nitrogen and oxygen atoms in total. The number of halogens is 2. The number of rotatable bonds is 5. The lowest BCUT2D eigenvalue weighted by Crippen LogP contribution is -2.54. The number of benzene rings is 1. The molecule has 1 saturated heterocycles. The lowest BCUT2D eigenvalue weighted by atomic mass is 9.78. The highest BCUT2D eigenvalue weighted by Gasteiger charge is 2.39. The number of piperidine rings is 1. The molecule has 1 aliphatic heterocycles. The van der Waals surface area contributed by atoms with E-state index in [1.807, 2.05) is 6.92 Å². The van der Waals surface area contributed by atoms with Crippen molar-refractivity contribution >= 4 is 22.6 Å². The predicted molar refractivity (Wildman–Crippen MR) is 116 cm³/mol. The second-order valence-electron chi connectivity index (χ2n) is 9.45. The zero-order valence-electron chi connectivity index (χ0n) is 18.4. The van der Waals surface area contributed by atoms with Crippen LogP contribution < -0.4 is 15.6 Å². The molecule has 1 aromatic carbocycles. The van der Waals surface area contributed by atoms with E-state index in [1.165, 1.54) is 17.7 Å². The Hall–Kier alpha value is -2.48. The SMILES string of the molecule is CCNC1CCN(c2c(F)c(C)c3c(=O)c(C(=O)O)cn(C4CC4)c3c2F)CC1(C)C. The summed E-state index contributed by atoms with van der Waals surface area (Å²) in [6.07, 6.45) is 3.49. The third-order valence-electron chi connectivity index (χ3n) is 6.73. The molecule has 1 aliphatic carbocycles. The summed E-state index contributed by atoms with van der Waals surface area (Å²) in [5.41, 5.74) is -1.61. The van der Waals surface area contributed by atoms with Crippen LogP contribution in [0.2, 0.25) is 0 Å². The lowest BCUT2D eigenvalue weighted by molar-refractivity contribution is 0.0694. The molecule has 1 saturated carbocycles. The Morgan fingerprint density at radius 2 is 1.94 bits per heavy atom. The number of nitrogens with zero attached hydrogens (tertiary/aromatic N) is 2. The molecule has 8 heteroatoms. The summed E-state index contributed by atoms with van der Waals surface area (Å²) < 4.78 is 33.0. The topological polar surface area (TPSA) is 74.6 Å². The first-order chi connectivity index (χ1) is 14.6. The summed E-state index contributed by atoms with van der Waals surface area (Å²) in [6, 6.07) is 0.161. The van der Waals surface area contributed by atoms with Crippen LogP contribution in [0.1, 0.15) is 62.0 Å². The summed E-state index contributed by atoms with van der Waals surface area (Å²) >= 11 is 0. The van der Waals surface area contributed by atoms with Crippen molar-refractivity contribution in [2.24, 2.45) is 5.41 Å². The van der Waals surface area contributed by atoms with Crippen molar-refractivity contribution in [1.82, 2.24) is 9.88 Å². The minimum atomic E-state index is -1.39. The van der Waals surface area contributed by atoms with Crippen molar-refractivity contribution in [3.05, 3.63) is 39.2 Å². The second kappa shape index (κ2) is 7.58. The van der Waals surface area contributed by atoms with E-state index in [4.69, 9.17) is 0 Å². The van der Waals surface area contributed by atoms with Gasteiger partial charge in [-0.2, -0.15) is 0 Å². The van der Waals surface area contributed by atoms with Crippen LogP contribution in [-0.2, 0) is 0 Å². The van der Waals surface area contributed by atoms with Gasteiger partial charge in [0.2, 0.25) is 5.43 Å². The maximum atomic E-state index is 15.9. The molecule has 1 unspecified atom stereocenters. The van der Waals surface area contributed by atoms with Gasteiger partial charge in [0.1, 0.15) is 11.3 Å². The minimum Gasteiger partial charge on any atom is -0.477 e. The van der Waals surface area contributed by atoms with Crippen LogP contribution >= 0.6 is 0 Å². The first-order valence-electron chi connectivity index (χ1n) is 10.9. The lowest BCUT2D eigenvalue weighted by Gasteiger charge is -2.45. The van der Waals surface area contributed by atoms with E-state index >= 15 is 8.78 Å². The fourth-order valence-electron chi connectivity index (χ4n) is 4.94. The van der Waals surface area contributed by atoms with Crippen LogP contribution in [0, 0.1) is 24.0 Å². The predicted octanol–water partition coefficient (Wildman–Crippen LogP) is 3.84. The molecule has 2 aliphatic rings. The number of carbonyl (C=O) groups is 1. The van der Waals surface area contributed by atoms with Gasteiger partial charge in [-0.15, -0.1) is 0 Å². The monoisotopic (exact) mass is 433 g/mol. The average molecular weight is 433 g/mol. The van der Waals surface area contributed by atoms with Gasteiger partial charge >= 0.3 is 5.97 Å². The fourth-order valence-corrected chi connectivity index (χ4v) is 4.94. The Balaban J connectivity index is 1.93. The number of aromatic carboxylic acids is 1. The number of fused-ring (bicyclic) bond motifs is 1. The third kappa shape index (κ3) is 3.50. The highest BCUT2D eigenvalue weighted by atomic mass is 19.1. The van der Waals surface area contributed by atoms with Crippen LogP contribution in [-0.4, -0.2) is 41.3 Å². The Morgan fingerprint density at radius 1 is 1.26 bits per heavy atom. The molecule has 31 heavy (non-hydrogen) atoms. The largest absolute Gasteiger partial charge is 0.477 e. The molecule has 0 spiro atoms. The molecule has 0 radical (unpaired) electrons. The van der Waals surface area contributed by atoms with E-state index in [-0.39, 0.29) is 39.7 Å². The van der Waals surface area contributed by atoms with Gasteiger partial charge in [0, 0.05) is 36.9 Å². The Labute approximate surface area is 179 Å². The van der Waals surface area contributed by atoms with E-state index in [0.717, 1.165) is 25.8 Å². The Bertz CT molecular complexity index is 1120. The van der Waals surface area contributed by atoms with E-state index in [9.17, 15) is 14.7 Å². The number of nitrogens with one attached hydrogen (secondary N) is 1. The zero-order valence-corrected chi connectivity index (χ0v) is 18.4. The van der Waals surface area contributed by atoms with Crippen LogP contribution in [0.4, 0.5) is 14.5 Å². The van der Waals surface area contributed by atoms with Crippen molar-refractivity contribution in [3.63, 3.8) is 0 Å². The molecule has 1 atom stereocenters. The number of carboxylic acids is 1. The molecule has 1 aromatic heterocycles. The van der Waals surface area contributed by atoms with Crippen LogP contribution in [0.15, 0.2) is 11.0 Å². The number of hydrogen-bond donors (Lipinski definition) is 2. The van der Waals surface area contributed by atoms with Crippen molar-refractivity contribution in [1.29, 1.82) is 0 Å². The Kier molecular flexibility index (Phi) is 5.32. The van der Waals surface area contributed by atoms with Crippen molar-refractivity contribution in [2.75, 3.05) is 24.5 Å². The fraction of sp³-hybridized carbons (Fsp3) is 0.565. The summed E-state index contributed by atoms with van der Waals surface area (Å²) in [5.74, 6) is -2.96. The molecule has 4 rings (SSSR count). The highest BCUT2D eigenvalue weighted by Crippen LogP contribution is 2.42. The van der Waals surface area contributed by atoms with Gasteiger partial charge in [-0.25, -0.2) is 13.6 Å². The maximum Gasteiger partial charge on any atom is 0.341 e. The van der Waals surface area contributed by atoms with Crippen molar-refractivity contribution in [2.45, 2.75) is 59.0 Å². The standard InChI is InChI=1S/C23H29F2N3O3/c1-5-26-15-8-9-27(11-23(15,3)4)20-17(24)12(2)16-19(18(20)25)28(13-6-7-13)10-14(21(16)29)22(30)31/h10,13,15,26H,5-9,11H2,1-4H3,(H,30,31). The van der Waals surface area contributed by atoms with Crippen molar-refractivity contribution in [3.8, 4) is 0 Å². The van der Waals surface area contributed by atoms with Crippen LogP contribution in [0.3, 0.4) is 0 Å². The molecule has 2 aromatic rings. The minimum absolute atomic E-state index is 0.000475. The summed E-state index contributed by atoms with van der Waals surface area (Å²) in [7, 11) is 0. The normalized spacial score (nSPS) is 21.0. The van der Waals surface area contributed by atoms with Crippen molar-refractivity contribution < 1.29 is 18.7 Å². The summed E-state index contributed by atoms with van der Waals surface area (Å²) in [4.78, 5) is 26.2. The van der Waals surface area contributed by atoms with E-state index in [2.05, 4.69) is 19.2 Å². The smallest absolute Gasteiger partial charge is 0.341 e. The molecular weight excluding hydrogens is 404 g/mol. The van der Waals surface area contributed by atoms with E-state index < -0.39 is 28.6 Å². The Morgan fingerprint density at radius 3 is 2.48 bits per heavy atom. The molecule has 2 N–H and O–H groups in total. The first kappa shape index (κ1) is 21.7. The molecular formula is C23H29F2N3O3. The number of hydrogen-bond acceptors (Lipinski definition) is 4. The van der Waals surface area contributed by atoms with Crippen LogP contribution in [0.25, 0.3) is 10.9 Å². The second-order valence-corrected chi connectivity index (χ2v) is 9.45. The van der Waals surface area contributed by atoms with E-state index in [0.29, 0.717) is 13.1 Å². The maximum absolute atomic E-state index is 15.9. The molecule has 2 heterocycles. The van der Waals surface area contributed by atoms with E-state index in [1.54, 1.807) is 4.90 Å². The average Bonchev–Trinajstić information content (AvgIpc) is 3.52. The quantitative estimate of drug-likeness (QED) is 0.750. The number of anilines is 1. The molecule has 0 amide bonds. The summed E-state index contributed by atoms with van der Waals surface area (Å²) in [6.45, 7) is 9.40. The first-order valence-corrected chi connectivity index (χ1v) is 10.9. The third-order valence-corrected chi connectivity index (χ3v) is 6.73. The number of pyridine rings is 1. The van der Waals surface area contributed by atoms with Gasteiger partial charge in [-0.1, -0.05) is 20.8 Å². The zero-order chi connectivity index (χ0) is 22.7. The van der Waals surface area contributed by atoms with Gasteiger partial charge in [-0.05, 0) is 38.1 Å². The highest BCUT2D eigenvalue weighted by molar-refractivity contribution is 5.95.